The van der Waals surface area contributed by atoms with Gasteiger partial charge in [0.25, 0.3) is 0 Å². The molecular weight excluding hydrogens is 426 g/mol. The second-order valence-electron chi connectivity index (χ2n) is 12.8. The van der Waals surface area contributed by atoms with Crippen LogP contribution in [0.25, 0.3) is 0 Å². The van der Waals surface area contributed by atoms with E-state index in [4.69, 9.17) is 0 Å². The maximum atomic E-state index is 13.6. The van der Waals surface area contributed by atoms with Gasteiger partial charge in [-0.2, -0.15) is 0 Å². The molecule has 2 heteroatoms. The van der Waals surface area contributed by atoms with E-state index in [1.807, 2.05) is 6.08 Å². The van der Waals surface area contributed by atoms with Gasteiger partial charge in [-0.3, -0.25) is 4.79 Å². The van der Waals surface area contributed by atoms with E-state index in [1.165, 1.54) is 141 Å². The fourth-order valence-electron chi connectivity index (χ4n) is 8.05. The van der Waals surface area contributed by atoms with Crippen molar-refractivity contribution in [1.29, 1.82) is 0 Å². The van der Waals surface area contributed by atoms with E-state index in [2.05, 4.69) is 24.8 Å². The molecule has 0 spiro atoms. The van der Waals surface area contributed by atoms with Crippen molar-refractivity contribution in [1.82, 2.24) is 4.90 Å². The molecule has 0 aliphatic heterocycles. The van der Waals surface area contributed by atoms with Crippen molar-refractivity contribution >= 4 is 5.91 Å². The number of unbranched alkanes of at least 4 members (excludes halogenated alkanes) is 15. The smallest absolute Gasteiger partial charge is 0.246 e. The van der Waals surface area contributed by atoms with Gasteiger partial charge in [-0.25, -0.2) is 0 Å². The molecule has 4 saturated carbocycles. The monoisotopic (exact) mass is 485 g/mol. The molecule has 0 radical (unpaired) electrons. The summed E-state index contributed by atoms with van der Waals surface area (Å²) in [6, 6.07) is 0. The summed E-state index contributed by atoms with van der Waals surface area (Å²) in [5.74, 6) is 3.04. The van der Waals surface area contributed by atoms with Crippen molar-refractivity contribution in [2.75, 3.05) is 6.54 Å². The zero-order valence-electron chi connectivity index (χ0n) is 23.7. The maximum absolute atomic E-state index is 13.6. The molecule has 1 amide bonds. The Morgan fingerprint density at radius 1 is 0.657 bits per heavy atom. The summed E-state index contributed by atoms with van der Waals surface area (Å²) in [6.45, 7) is 5.57. The highest BCUT2D eigenvalue weighted by Crippen LogP contribution is 2.57. The van der Waals surface area contributed by atoms with Crippen LogP contribution >= 0.6 is 0 Å². The quantitative estimate of drug-likeness (QED) is 0.124. The van der Waals surface area contributed by atoms with E-state index in [0.29, 0.717) is 5.91 Å². The fourth-order valence-corrected chi connectivity index (χ4v) is 8.05. The summed E-state index contributed by atoms with van der Waals surface area (Å²) in [6.07, 6.45) is 35.1. The van der Waals surface area contributed by atoms with E-state index < -0.39 is 0 Å². The first-order chi connectivity index (χ1) is 17.2. The fraction of sp³-hybridized carbons (Fsp3) is 0.909. The largest absolute Gasteiger partial charge is 0.333 e. The number of hydrogen-bond acceptors (Lipinski definition) is 1. The third-order valence-corrected chi connectivity index (χ3v) is 9.56. The van der Waals surface area contributed by atoms with Gasteiger partial charge >= 0.3 is 0 Å². The molecule has 0 N–H and O–H groups in total. The second-order valence-corrected chi connectivity index (χ2v) is 12.8. The number of rotatable bonds is 20. The zero-order chi connectivity index (χ0) is 24.8. The van der Waals surface area contributed by atoms with Gasteiger partial charge in [0.1, 0.15) is 0 Å². The minimum atomic E-state index is 0.204. The molecule has 4 bridgehead atoms. The van der Waals surface area contributed by atoms with Crippen molar-refractivity contribution in [2.24, 2.45) is 17.8 Å². The lowest BCUT2D eigenvalue weighted by molar-refractivity contribution is -0.145. The van der Waals surface area contributed by atoms with Crippen molar-refractivity contribution in [2.45, 2.75) is 167 Å². The third kappa shape index (κ3) is 9.55. The topological polar surface area (TPSA) is 20.3 Å². The van der Waals surface area contributed by atoms with Gasteiger partial charge in [-0.1, -0.05) is 110 Å². The molecule has 4 fully saturated rings. The van der Waals surface area contributed by atoms with E-state index in [1.54, 1.807) is 0 Å². The van der Waals surface area contributed by atoms with Gasteiger partial charge in [0, 0.05) is 12.1 Å². The number of allylic oxidation sites excluding steroid dienone is 1. The minimum Gasteiger partial charge on any atom is -0.333 e. The third-order valence-electron chi connectivity index (χ3n) is 9.56. The molecule has 0 atom stereocenters. The van der Waals surface area contributed by atoms with E-state index in [9.17, 15) is 4.79 Å². The van der Waals surface area contributed by atoms with E-state index >= 15 is 0 Å². The van der Waals surface area contributed by atoms with Gasteiger partial charge in [-0.05, 0) is 81.6 Å². The summed E-state index contributed by atoms with van der Waals surface area (Å²) in [5.41, 5.74) is 0.204. The van der Waals surface area contributed by atoms with E-state index in [0.717, 1.165) is 30.7 Å². The first-order valence-electron chi connectivity index (χ1n) is 16.1. The standard InChI is InChI=1S/C33H59NO/c1-3-5-7-9-11-13-14-16-18-20-22-34(32(35)21-19-17-15-12-10-8-6-4-2)33-26-29-23-30(27-33)25-31(24-29)28-33/h19,21,29-31H,3-18,20,22-28H2,1-2H3. The van der Waals surface area contributed by atoms with Crippen LogP contribution in [0.1, 0.15) is 162 Å². The van der Waals surface area contributed by atoms with Crippen molar-refractivity contribution in [3.63, 3.8) is 0 Å². The van der Waals surface area contributed by atoms with Crippen molar-refractivity contribution in [3.05, 3.63) is 12.2 Å². The average Bonchev–Trinajstić information content (AvgIpc) is 2.83. The Hall–Kier alpha value is -0.790. The Bertz CT molecular complexity index is 573. The molecule has 35 heavy (non-hydrogen) atoms. The Morgan fingerprint density at radius 3 is 1.57 bits per heavy atom. The minimum absolute atomic E-state index is 0.204. The van der Waals surface area contributed by atoms with Gasteiger partial charge in [0.05, 0.1) is 0 Å². The van der Waals surface area contributed by atoms with Crippen LogP contribution in [0, 0.1) is 17.8 Å². The molecule has 4 aliphatic rings. The van der Waals surface area contributed by atoms with Crippen LogP contribution in [0.4, 0.5) is 0 Å². The number of amides is 1. The van der Waals surface area contributed by atoms with Crippen LogP contribution in [0.3, 0.4) is 0 Å². The molecule has 0 unspecified atom stereocenters. The molecule has 4 aliphatic carbocycles. The molecule has 0 heterocycles. The van der Waals surface area contributed by atoms with Crippen molar-refractivity contribution < 1.29 is 4.79 Å². The van der Waals surface area contributed by atoms with E-state index in [-0.39, 0.29) is 5.54 Å². The Morgan fingerprint density at radius 2 is 1.09 bits per heavy atom. The summed E-state index contributed by atoms with van der Waals surface area (Å²) >= 11 is 0. The molecule has 0 aromatic heterocycles. The lowest BCUT2D eigenvalue weighted by atomic mass is 9.52. The predicted molar refractivity (Wildman–Crippen MR) is 152 cm³/mol. The summed E-state index contributed by atoms with van der Waals surface area (Å²) in [7, 11) is 0. The first kappa shape index (κ1) is 28.8. The van der Waals surface area contributed by atoms with Crippen LogP contribution in [0.5, 0.6) is 0 Å². The Kier molecular flexibility index (Phi) is 13.3. The highest BCUT2D eigenvalue weighted by molar-refractivity contribution is 5.88. The second kappa shape index (κ2) is 16.1. The lowest BCUT2D eigenvalue weighted by Gasteiger charge is -2.60. The number of carbonyl (C=O) groups excluding carboxylic acids is 1. The Balaban J connectivity index is 1.43. The highest BCUT2D eigenvalue weighted by Gasteiger charge is 2.54. The van der Waals surface area contributed by atoms with Crippen LogP contribution in [-0.4, -0.2) is 22.9 Å². The van der Waals surface area contributed by atoms with Gasteiger partial charge in [-0.15, -0.1) is 0 Å². The Labute approximate surface area is 219 Å². The molecule has 0 aromatic rings. The number of carbonyl (C=O) groups is 1. The van der Waals surface area contributed by atoms with Crippen LogP contribution in [0.2, 0.25) is 0 Å². The van der Waals surface area contributed by atoms with Crippen LogP contribution < -0.4 is 0 Å². The normalized spacial score (nSPS) is 27.2. The van der Waals surface area contributed by atoms with Gasteiger partial charge in [0.2, 0.25) is 5.91 Å². The number of hydrogen-bond donors (Lipinski definition) is 0. The first-order valence-corrected chi connectivity index (χ1v) is 16.1. The molecule has 0 saturated heterocycles. The summed E-state index contributed by atoms with van der Waals surface area (Å²) < 4.78 is 0. The van der Waals surface area contributed by atoms with Crippen LogP contribution in [-0.2, 0) is 4.79 Å². The van der Waals surface area contributed by atoms with Gasteiger partial charge < -0.3 is 4.90 Å². The maximum Gasteiger partial charge on any atom is 0.246 e. The predicted octanol–water partition coefficient (Wildman–Crippen LogP) is 10.0. The molecule has 2 nitrogen and oxygen atoms in total. The number of nitrogens with zero attached hydrogens (tertiary/aromatic N) is 1. The van der Waals surface area contributed by atoms with Gasteiger partial charge in [0.15, 0.2) is 0 Å². The summed E-state index contributed by atoms with van der Waals surface area (Å²) in [5, 5.41) is 0. The highest BCUT2D eigenvalue weighted by atomic mass is 16.2. The zero-order valence-corrected chi connectivity index (χ0v) is 23.7. The van der Waals surface area contributed by atoms with Crippen molar-refractivity contribution in [3.8, 4) is 0 Å². The molecule has 4 rings (SSSR count). The molecule has 0 aromatic carbocycles. The average molecular weight is 486 g/mol. The lowest BCUT2D eigenvalue weighted by Crippen LogP contribution is -2.61. The SMILES string of the molecule is CCCCCCCCC=CC(=O)N(CCCCCCCCCCCC)C12CC3CC(CC(C3)C1)C2. The summed E-state index contributed by atoms with van der Waals surface area (Å²) in [4.78, 5) is 16.0. The molecular formula is C33H59NO. The van der Waals surface area contributed by atoms with Crippen LogP contribution in [0.15, 0.2) is 12.2 Å². The molecule has 202 valence electrons.